The third-order valence-electron chi connectivity index (χ3n) is 3.93. The first-order valence-electron chi connectivity index (χ1n) is 9.84. The first-order valence-corrected chi connectivity index (χ1v) is 10.7. The maximum Gasteiger partial charge on any atom is 0.224 e. The number of anilines is 1. The third kappa shape index (κ3) is 7.68. The first-order chi connectivity index (χ1) is 13.5. The van der Waals surface area contributed by atoms with E-state index < -0.39 is 0 Å². The van der Waals surface area contributed by atoms with Gasteiger partial charge in [-0.05, 0) is 37.0 Å². The van der Waals surface area contributed by atoms with Crippen LogP contribution in [0.15, 0.2) is 35.5 Å². The summed E-state index contributed by atoms with van der Waals surface area (Å²) in [7, 11) is 0. The number of thiazole rings is 1. The lowest BCUT2D eigenvalue weighted by atomic mass is 10.1. The van der Waals surface area contributed by atoms with Gasteiger partial charge in [0, 0.05) is 29.7 Å². The molecule has 1 aromatic heterocycles. The van der Waals surface area contributed by atoms with Crippen molar-refractivity contribution in [1.29, 1.82) is 0 Å². The monoisotopic (exact) mass is 401 g/mol. The molecule has 2 aromatic rings. The van der Waals surface area contributed by atoms with Crippen molar-refractivity contribution in [1.82, 2.24) is 15.6 Å². The number of hydrogen-bond donors (Lipinski definition) is 3. The van der Waals surface area contributed by atoms with Crippen molar-refractivity contribution >= 4 is 28.9 Å². The molecule has 0 aliphatic heterocycles. The fraction of sp³-hybridized carbons (Fsp3) is 0.476. The lowest BCUT2D eigenvalue weighted by Gasteiger charge is -2.11. The largest absolute Gasteiger partial charge is 0.357 e. The average molecular weight is 402 g/mol. The highest BCUT2D eigenvalue weighted by Gasteiger charge is 2.06. The lowest BCUT2D eigenvalue weighted by Crippen LogP contribution is -2.36. The average Bonchev–Trinajstić information content (AvgIpc) is 3.11. The van der Waals surface area contributed by atoms with Crippen molar-refractivity contribution in [2.45, 2.75) is 53.6 Å². The van der Waals surface area contributed by atoms with E-state index in [0.717, 1.165) is 35.2 Å². The molecule has 28 heavy (non-hydrogen) atoms. The Kier molecular flexibility index (Phi) is 8.94. The van der Waals surface area contributed by atoms with Crippen LogP contribution in [0.25, 0.3) is 0 Å². The summed E-state index contributed by atoms with van der Waals surface area (Å²) in [4.78, 5) is 22.3. The Balaban J connectivity index is 1.95. The zero-order chi connectivity index (χ0) is 20.4. The minimum Gasteiger partial charge on any atom is -0.357 e. The molecule has 3 N–H and O–H groups in total. The van der Waals surface area contributed by atoms with E-state index in [1.54, 1.807) is 11.3 Å². The molecule has 0 bridgehead atoms. The van der Waals surface area contributed by atoms with Crippen molar-refractivity contribution in [2.24, 2.45) is 10.9 Å². The van der Waals surface area contributed by atoms with Crippen LogP contribution in [0.2, 0.25) is 0 Å². The molecule has 0 unspecified atom stereocenters. The summed E-state index contributed by atoms with van der Waals surface area (Å²) in [6, 6.07) is 7.83. The Morgan fingerprint density at radius 1 is 1.25 bits per heavy atom. The summed E-state index contributed by atoms with van der Waals surface area (Å²) >= 11 is 1.72. The second kappa shape index (κ2) is 11.4. The van der Waals surface area contributed by atoms with E-state index in [4.69, 9.17) is 0 Å². The molecule has 2 rings (SSSR count). The molecular formula is C21H31N5OS. The van der Waals surface area contributed by atoms with Gasteiger partial charge in [-0.2, -0.15) is 0 Å². The maximum atomic E-state index is 12.0. The molecule has 6 nitrogen and oxygen atoms in total. The van der Waals surface area contributed by atoms with Gasteiger partial charge in [-0.3, -0.25) is 4.79 Å². The van der Waals surface area contributed by atoms with Gasteiger partial charge < -0.3 is 16.0 Å². The van der Waals surface area contributed by atoms with E-state index in [1.165, 1.54) is 4.88 Å². The minimum absolute atomic E-state index is 0.0422. The highest BCUT2D eigenvalue weighted by atomic mass is 32.1. The molecule has 0 radical (unpaired) electrons. The Hall–Kier alpha value is -2.41. The van der Waals surface area contributed by atoms with E-state index in [1.807, 2.05) is 51.2 Å². The van der Waals surface area contributed by atoms with Crippen molar-refractivity contribution in [2.75, 3.05) is 11.9 Å². The van der Waals surface area contributed by atoms with Crippen LogP contribution in [0.3, 0.4) is 0 Å². The van der Waals surface area contributed by atoms with Crippen LogP contribution in [0.1, 0.15) is 49.6 Å². The number of rotatable bonds is 9. The van der Waals surface area contributed by atoms with Crippen LogP contribution < -0.4 is 16.0 Å². The Labute approximate surface area is 171 Å². The van der Waals surface area contributed by atoms with Crippen LogP contribution in [-0.2, 0) is 24.3 Å². The van der Waals surface area contributed by atoms with Crippen LogP contribution in [-0.4, -0.2) is 23.4 Å². The minimum atomic E-state index is 0.0422. The van der Waals surface area contributed by atoms with Crippen LogP contribution >= 0.6 is 11.3 Å². The van der Waals surface area contributed by atoms with Gasteiger partial charge in [0.25, 0.3) is 0 Å². The van der Waals surface area contributed by atoms with Crippen LogP contribution in [0.4, 0.5) is 5.69 Å². The molecular weight excluding hydrogens is 370 g/mol. The van der Waals surface area contributed by atoms with Crippen LogP contribution in [0, 0.1) is 5.92 Å². The SMILES string of the molecule is CCNC(=NCc1cccc(NC(=O)CC(C)C)c1)NCc1ncc(CC)s1. The zero-order valence-electron chi connectivity index (χ0n) is 17.2. The molecule has 0 spiro atoms. The molecule has 7 heteroatoms. The summed E-state index contributed by atoms with van der Waals surface area (Å²) in [5.41, 5.74) is 1.85. The fourth-order valence-electron chi connectivity index (χ4n) is 2.59. The zero-order valence-corrected chi connectivity index (χ0v) is 18.0. The predicted molar refractivity (Wildman–Crippen MR) is 118 cm³/mol. The van der Waals surface area contributed by atoms with Crippen molar-refractivity contribution < 1.29 is 4.79 Å². The number of aryl methyl sites for hydroxylation is 1. The number of nitrogens with one attached hydrogen (secondary N) is 3. The topological polar surface area (TPSA) is 78.4 Å². The highest BCUT2D eigenvalue weighted by Crippen LogP contribution is 2.14. The van der Waals surface area contributed by atoms with E-state index in [-0.39, 0.29) is 5.91 Å². The van der Waals surface area contributed by atoms with Crippen molar-refractivity contribution in [3.8, 4) is 0 Å². The number of carbonyl (C=O) groups excluding carboxylic acids is 1. The van der Waals surface area contributed by atoms with E-state index in [9.17, 15) is 4.79 Å². The summed E-state index contributed by atoms with van der Waals surface area (Å²) in [6.07, 6.45) is 3.47. The van der Waals surface area contributed by atoms with Gasteiger partial charge in [-0.1, -0.05) is 32.9 Å². The molecule has 0 atom stereocenters. The summed E-state index contributed by atoms with van der Waals surface area (Å²) in [6.45, 7) is 10.2. The number of guanidine groups is 1. The quantitative estimate of drug-likeness (QED) is 0.439. The third-order valence-corrected chi connectivity index (χ3v) is 5.07. The van der Waals surface area contributed by atoms with Gasteiger partial charge in [0.05, 0.1) is 13.1 Å². The van der Waals surface area contributed by atoms with Gasteiger partial charge in [0.2, 0.25) is 5.91 Å². The number of benzene rings is 1. The number of nitrogens with zero attached hydrogens (tertiary/aromatic N) is 2. The second-order valence-electron chi connectivity index (χ2n) is 6.97. The number of hydrogen-bond acceptors (Lipinski definition) is 4. The van der Waals surface area contributed by atoms with E-state index in [0.29, 0.717) is 25.4 Å². The Bertz CT molecular complexity index is 785. The fourth-order valence-corrected chi connectivity index (χ4v) is 3.40. The van der Waals surface area contributed by atoms with Gasteiger partial charge >= 0.3 is 0 Å². The number of aliphatic imine (C=N–C) groups is 1. The Morgan fingerprint density at radius 2 is 2.07 bits per heavy atom. The van der Waals surface area contributed by atoms with Gasteiger partial charge in [0.1, 0.15) is 5.01 Å². The van der Waals surface area contributed by atoms with Gasteiger partial charge in [-0.15, -0.1) is 11.3 Å². The van der Waals surface area contributed by atoms with Gasteiger partial charge in [-0.25, -0.2) is 9.98 Å². The second-order valence-corrected chi connectivity index (χ2v) is 8.17. The smallest absolute Gasteiger partial charge is 0.224 e. The first kappa shape index (κ1) is 21.9. The Morgan fingerprint density at radius 3 is 2.75 bits per heavy atom. The molecule has 0 saturated carbocycles. The number of carbonyl (C=O) groups is 1. The summed E-state index contributed by atoms with van der Waals surface area (Å²) in [5, 5.41) is 10.6. The van der Waals surface area contributed by atoms with Gasteiger partial charge in [0.15, 0.2) is 5.96 Å². The standard InChI is InChI=1S/C21H31N5OS/c1-5-18-13-23-20(28-18)14-25-21(22-6-2)24-12-16-8-7-9-17(11-16)26-19(27)10-15(3)4/h7-9,11,13,15H,5-6,10,12,14H2,1-4H3,(H,26,27)(H2,22,24,25). The lowest BCUT2D eigenvalue weighted by molar-refractivity contribution is -0.116. The van der Waals surface area contributed by atoms with E-state index >= 15 is 0 Å². The highest BCUT2D eigenvalue weighted by molar-refractivity contribution is 7.11. The van der Waals surface area contributed by atoms with Crippen molar-refractivity contribution in [3.63, 3.8) is 0 Å². The number of amides is 1. The molecule has 1 aromatic carbocycles. The summed E-state index contributed by atoms with van der Waals surface area (Å²) in [5.74, 6) is 1.14. The number of aromatic nitrogens is 1. The normalized spacial score (nSPS) is 11.5. The van der Waals surface area contributed by atoms with Crippen LogP contribution in [0.5, 0.6) is 0 Å². The molecule has 1 amide bonds. The van der Waals surface area contributed by atoms with Crippen molar-refractivity contribution in [3.05, 3.63) is 45.9 Å². The molecule has 152 valence electrons. The summed E-state index contributed by atoms with van der Waals surface area (Å²) < 4.78 is 0. The molecule has 0 aliphatic rings. The molecule has 0 aliphatic carbocycles. The molecule has 0 fully saturated rings. The predicted octanol–water partition coefficient (Wildman–Crippen LogP) is 3.95. The maximum absolute atomic E-state index is 12.0. The molecule has 1 heterocycles. The molecule has 0 saturated heterocycles. The van der Waals surface area contributed by atoms with E-state index in [2.05, 4.69) is 32.9 Å².